The average Bonchev–Trinajstić information content (AvgIpc) is 3.11. The second kappa shape index (κ2) is 6.75. The molecule has 7 nitrogen and oxygen atoms in total. The minimum absolute atomic E-state index is 0.0797. The molecule has 0 spiro atoms. The maximum Gasteiger partial charge on any atom is 0.274 e. The molecule has 0 saturated heterocycles. The van der Waals surface area contributed by atoms with Crippen LogP contribution in [0, 0.1) is 5.92 Å². The smallest absolute Gasteiger partial charge is 0.274 e. The van der Waals surface area contributed by atoms with Crippen LogP contribution < -0.4 is 0 Å². The highest BCUT2D eigenvalue weighted by molar-refractivity contribution is 5.93. The highest BCUT2D eigenvalue weighted by Crippen LogP contribution is 2.24. The van der Waals surface area contributed by atoms with E-state index in [0.717, 1.165) is 37.7 Å². The van der Waals surface area contributed by atoms with Crippen LogP contribution in [-0.4, -0.2) is 37.8 Å². The third-order valence-corrected chi connectivity index (χ3v) is 4.39. The van der Waals surface area contributed by atoms with E-state index in [0.29, 0.717) is 29.9 Å². The van der Waals surface area contributed by atoms with Gasteiger partial charge in [-0.3, -0.25) is 9.48 Å². The number of aryl methyl sites for hydroxylation is 1. The molecule has 0 radical (unpaired) electrons. The van der Waals surface area contributed by atoms with Gasteiger partial charge in [0.2, 0.25) is 5.89 Å². The van der Waals surface area contributed by atoms with E-state index in [9.17, 15) is 4.79 Å². The van der Waals surface area contributed by atoms with Crippen LogP contribution in [0.2, 0.25) is 0 Å². The fraction of sp³-hybridized carbons (Fsp3) is 0.647. The maximum absolute atomic E-state index is 12.8. The second-order valence-electron chi connectivity index (χ2n) is 6.97. The minimum Gasteiger partial charge on any atom is -0.339 e. The van der Waals surface area contributed by atoms with Crippen molar-refractivity contribution in [3.63, 3.8) is 0 Å². The molecule has 24 heavy (non-hydrogen) atoms. The van der Waals surface area contributed by atoms with Gasteiger partial charge in [-0.15, -0.1) is 0 Å². The van der Waals surface area contributed by atoms with E-state index < -0.39 is 0 Å². The molecule has 2 aromatic heterocycles. The van der Waals surface area contributed by atoms with Gasteiger partial charge in [-0.2, -0.15) is 10.1 Å². The summed E-state index contributed by atoms with van der Waals surface area (Å²) >= 11 is 0. The second-order valence-corrected chi connectivity index (χ2v) is 6.97. The summed E-state index contributed by atoms with van der Waals surface area (Å²) in [4.78, 5) is 18.8. The Bertz CT molecular complexity index is 731. The van der Waals surface area contributed by atoms with Gasteiger partial charge in [0.1, 0.15) is 0 Å². The molecule has 1 aliphatic carbocycles. The Hall–Kier alpha value is -2.18. The molecule has 2 heterocycles. The Kier molecular flexibility index (Phi) is 4.69. The van der Waals surface area contributed by atoms with Gasteiger partial charge in [-0.05, 0) is 31.6 Å². The zero-order chi connectivity index (χ0) is 17.3. The summed E-state index contributed by atoms with van der Waals surface area (Å²) in [5.74, 6) is 1.53. The fourth-order valence-corrected chi connectivity index (χ4v) is 3.20. The van der Waals surface area contributed by atoms with Gasteiger partial charge in [-0.25, -0.2) is 0 Å². The van der Waals surface area contributed by atoms with E-state index in [1.807, 2.05) is 11.7 Å². The normalized spacial score (nSPS) is 14.0. The SMILES string of the molecule is CC(C)Cc1nc(CN(C)C(=O)c2nn(C)c3c2CCCC3)no1. The van der Waals surface area contributed by atoms with Crippen molar-refractivity contribution in [3.05, 3.63) is 28.7 Å². The first-order chi connectivity index (χ1) is 11.5. The molecule has 2 aromatic rings. The van der Waals surface area contributed by atoms with Crippen LogP contribution in [0.25, 0.3) is 0 Å². The number of nitrogens with zero attached hydrogens (tertiary/aromatic N) is 5. The van der Waals surface area contributed by atoms with Crippen molar-refractivity contribution >= 4 is 5.91 Å². The minimum atomic E-state index is -0.0797. The lowest BCUT2D eigenvalue weighted by atomic mass is 9.95. The van der Waals surface area contributed by atoms with Crippen LogP contribution >= 0.6 is 0 Å². The highest BCUT2D eigenvalue weighted by atomic mass is 16.5. The first-order valence-corrected chi connectivity index (χ1v) is 8.57. The third kappa shape index (κ3) is 3.34. The summed E-state index contributed by atoms with van der Waals surface area (Å²) in [7, 11) is 3.67. The van der Waals surface area contributed by atoms with E-state index >= 15 is 0 Å². The molecule has 0 aromatic carbocycles. The van der Waals surface area contributed by atoms with Crippen molar-refractivity contribution in [1.29, 1.82) is 0 Å². The molecule has 1 aliphatic rings. The molecule has 0 fully saturated rings. The first-order valence-electron chi connectivity index (χ1n) is 8.57. The maximum atomic E-state index is 12.8. The number of carbonyl (C=O) groups excluding carboxylic acids is 1. The number of aromatic nitrogens is 4. The van der Waals surface area contributed by atoms with Crippen molar-refractivity contribution in [3.8, 4) is 0 Å². The molecule has 0 aliphatic heterocycles. The van der Waals surface area contributed by atoms with E-state index in [4.69, 9.17) is 4.52 Å². The Balaban J connectivity index is 1.72. The van der Waals surface area contributed by atoms with Gasteiger partial charge < -0.3 is 9.42 Å². The van der Waals surface area contributed by atoms with Crippen molar-refractivity contribution in [2.24, 2.45) is 13.0 Å². The van der Waals surface area contributed by atoms with Gasteiger partial charge in [0, 0.05) is 31.8 Å². The number of hydrogen-bond acceptors (Lipinski definition) is 5. The zero-order valence-electron chi connectivity index (χ0n) is 14.9. The molecule has 1 amide bonds. The average molecular weight is 331 g/mol. The number of rotatable bonds is 5. The predicted molar refractivity (Wildman–Crippen MR) is 88.5 cm³/mol. The summed E-state index contributed by atoms with van der Waals surface area (Å²) in [5, 5.41) is 8.43. The Morgan fingerprint density at radius 1 is 1.33 bits per heavy atom. The standard InChI is InChI=1S/C17H25N5O2/c1-11(2)9-15-18-14(20-24-15)10-21(3)17(23)16-12-7-5-6-8-13(12)22(4)19-16/h11H,5-10H2,1-4H3. The summed E-state index contributed by atoms with van der Waals surface area (Å²) in [6, 6.07) is 0. The molecule has 0 N–H and O–H groups in total. The van der Waals surface area contributed by atoms with Crippen molar-refractivity contribution < 1.29 is 9.32 Å². The summed E-state index contributed by atoms with van der Waals surface area (Å²) in [6.07, 6.45) is 4.96. The van der Waals surface area contributed by atoms with Crippen molar-refractivity contribution in [1.82, 2.24) is 24.8 Å². The molecule has 7 heteroatoms. The van der Waals surface area contributed by atoms with Crippen LogP contribution in [0.5, 0.6) is 0 Å². The predicted octanol–water partition coefficient (Wildman–Crippen LogP) is 2.15. The summed E-state index contributed by atoms with van der Waals surface area (Å²) in [5.41, 5.74) is 2.87. The van der Waals surface area contributed by atoms with E-state index in [1.165, 1.54) is 5.69 Å². The third-order valence-electron chi connectivity index (χ3n) is 4.39. The molecule has 3 rings (SSSR count). The number of fused-ring (bicyclic) bond motifs is 1. The van der Waals surface area contributed by atoms with Gasteiger partial charge in [-0.1, -0.05) is 19.0 Å². The fourth-order valence-electron chi connectivity index (χ4n) is 3.20. The van der Waals surface area contributed by atoms with E-state index in [1.54, 1.807) is 11.9 Å². The Labute approximate surface area is 142 Å². The highest BCUT2D eigenvalue weighted by Gasteiger charge is 2.26. The number of amides is 1. The van der Waals surface area contributed by atoms with Crippen LogP contribution in [-0.2, 0) is 32.9 Å². The lowest BCUT2D eigenvalue weighted by Gasteiger charge is -2.16. The van der Waals surface area contributed by atoms with Crippen LogP contribution in [0.3, 0.4) is 0 Å². The van der Waals surface area contributed by atoms with Gasteiger partial charge in [0.15, 0.2) is 11.5 Å². The summed E-state index contributed by atoms with van der Waals surface area (Å²) in [6.45, 7) is 4.53. The van der Waals surface area contributed by atoms with Crippen LogP contribution in [0.1, 0.15) is 60.2 Å². The lowest BCUT2D eigenvalue weighted by molar-refractivity contribution is 0.0773. The number of carbonyl (C=O) groups is 1. The molecule has 0 unspecified atom stereocenters. The Morgan fingerprint density at radius 3 is 2.83 bits per heavy atom. The van der Waals surface area contributed by atoms with E-state index in [-0.39, 0.29) is 5.91 Å². The quantitative estimate of drug-likeness (QED) is 0.839. The monoisotopic (exact) mass is 331 g/mol. The molecule has 0 atom stereocenters. The van der Waals surface area contributed by atoms with Crippen LogP contribution in [0.15, 0.2) is 4.52 Å². The van der Waals surface area contributed by atoms with Crippen molar-refractivity contribution in [2.45, 2.75) is 52.5 Å². The van der Waals surface area contributed by atoms with Crippen molar-refractivity contribution in [2.75, 3.05) is 7.05 Å². The zero-order valence-corrected chi connectivity index (χ0v) is 14.9. The molecular weight excluding hydrogens is 306 g/mol. The Morgan fingerprint density at radius 2 is 2.08 bits per heavy atom. The first kappa shape index (κ1) is 16.7. The van der Waals surface area contributed by atoms with Gasteiger partial charge in [0.25, 0.3) is 5.91 Å². The molecule has 130 valence electrons. The largest absolute Gasteiger partial charge is 0.339 e. The van der Waals surface area contributed by atoms with Crippen LogP contribution in [0.4, 0.5) is 0 Å². The summed E-state index contributed by atoms with van der Waals surface area (Å²) < 4.78 is 7.09. The molecule has 0 saturated carbocycles. The molecule has 0 bridgehead atoms. The molecular formula is C17H25N5O2. The topological polar surface area (TPSA) is 77.1 Å². The number of hydrogen-bond donors (Lipinski definition) is 0. The van der Waals surface area contributed by atoms with E-state index in [2.05, 4.69) is 29.1 Å². The van der Waals surface area contributed by atoms with Gasteiger partial charge >= 0.3 is 0 Å². The lowest BCUT2D eigenvalue weighted by Crippen LogP contribution is -2.28. The van der Waals surface area contributed by atoms with Gasteiger partial charge in [0.05, 0.1) is 6.54 Å².